The molecule has 0 radical (unpaired) electrons. The fraction of sp³-hybridized carbons (Fsp3) is 0.857. The van der Waals surface area contributed by atoms with Crippen LogP contribution in [0.4, 0.5) is 0 Å². The first-order chi connectivity index (χ1) is 28.0. The minimum atomic E-state index is -4.60. The van der Waals surface area contributed by atoms with Gasteiger partial charge in [-0.15, -0.1) is 0 Å². The van der Waals surface area contributed by atoms with Gasteiger partial charge in [0.05, 0.1) is 39.9 Å². The van der Waals surface area contributed by atoms with E-state index in [4.69, 9.17) is 9.05 Å². The molecule has 342 valence electrons. The summed E-state index contributed by atoms with van der Waals surface area (Å²) in [5.41, 5.74) is 0. The summed E-state index contributed by atoms with van der Waals surface area (Å²) >= 11 is 0. The van der Waals surface area contributed by atoms with Crippen LogP contribution in [0.25, 0.3) is 0 Å². The van der Waals surface area contributed by atoms with Gasteiger partial charge in [-0.2, -0.15) is 0 Å². The standard InChI is InChI=1S/C49H95N2O6P/c1-6-8-10-12-14-16-18-20-22-24-25-27-29-31-33-35-37-39-41-43-49(53)50-47(46-57-58(54,55)56-45-44-51(3,4)5)48(52)42-40-38-36-34-32-30-28-26-23-21-19-17-15-13-11-9-7-2/h23,26,32,34,40,42,47-48,52H,6-22,24-25,27-31,33,35-39,41,43-46H2,1-5H3,(H-,50,53,54,55)/b26-23+,34-32+,42-40+. The van der Waals surface area contributed by atoms with Crippen molar-refractivity contribution < 1.29 is 32.9 Å². The van der Waals surface area contributed by atoms with Crippen LogP contribution in [-0.2, 0) is 18.4 Å². The van der Waals surface area contributed by atoms with Gasteiger partial charge >= 0.3 is 0 Å². The van der Waals surface area contributed by atoms with E-state index in [1.807, 2.05) is 27.2 Å². The number of quaternary nitrogens is 1. The predicted molar refractivity (Wildman–Crippen MR) is 247 cm³/mol. The summed E-state index contributed by atoms with van der Waals surface area (Å²) in [6.45, 7) is 4.63. The number of unbranched alkanes of at least 4 members (excludes halogenated alkanes) is 27. The molecule has 0 aromatic heterocycles. The minimum absolute atomic E-state index is 0.00772. The van der Waals surface area contributed by atoms with E-state index in [1.165, 1.54) is 154 Å². The van der Waals surface area contributed by atoms with Crippen LogP contribution in [0, 0.1) is 0 Å². The average Bonchev–Trinajstić information content (AvgIpc) is 3.17. The highest BCUT2D eigenvalue weighted by Gasteiger charge is 2.23. The third kappa shape index (κ3) is 42.8. The number of hydrogen-bond acceptors (Lipinski definition) is 6. The third-order valence-corrected chi connectivity index (χ3v) is 11.8. The molecule has 0 saturated carbocycles. The Balaban J connectivity index is 4.40. The number of rotatable bonds is 44. The van der Waals surface area contributed by atoms with Gasteiger partial charge in [0.25, 0.3) is 7.82 Å². The number of allylic oxidation sites excluding steroid dienone is 5. The zero-order valence-electron chi connectivity index (χ0n) is 38.8. The summed E-state index contributed by atoms with van der Waals surface area (Å²) in [5.74, 6) is -0.209. The van der Waals surface area contributed by atoms with E-state index >= 15 is 0 Å². The number of carbonyl (C=O) groups is 1. The number of phosphoric ester groups is 1. The molecule has 0 aromatic rings. The number of phosphoric acid groups is 1. The van der Waals surface area contributed by atoms with E-state index in [-0.39, 0.29) is 12.5 Å². The SMILES string of the molecule is CCCCCCCCC/C=C/CC/C=C/CC/C=C/C(O)C(COP(=O)([O-])OCC[N+](C)(C)C)NC(=O)CCCCCCCCCCCCCCCCCCCCC. The lowest BCUT2D eigenvalue weighted by Crippen LogP contribution is -2.45. The van der Waals surface area contributed by atoms with Crippen molar-refractivity contribution in [1.29, 1.82) is 0 Å². The predicted octanol–water partition coefficient (Wildman–Crippen LogP) is 13.2. The average molecular weight is 839 g/mol. The summed E-state index contributed by atoms with van der Waals surface area (Å²) in [5, 5.41) is 13.8. The van der Waals surface area contributed by atoms with Crippen LogP contribution in [0.2, 0.25) is 0 Å². The van der Waals surface area contributed by atoms with Gasteiger partial charge in [0.15, 0.2) is 0 Å². The highest BCUT2D eigenvalue weighted by Crippen LogP contribution is 2.38. The first kappa shape index (κ1) is 56.7. The Morgan fingerprint density at radius 2 is 0.966 bits per heavy atom. The number of hydrogen-bond donors (Lipinski definition) is 2. The Morgan fingerprint density at radius 3 is 1.40 bits per heavy atom. The molecule has 0 aromatic carbocycles. The van der Waals surface area contributed by atoms with Gasteiger partial charge in [0.2, 0.25) is 5.91 Å². The molecular weight excluding hydrogens is 744 g/mol. The first-order valence-electron chi connectivity index (χ1n) is 24.4. The van der Waals surface area contributed by atoms with Crippen LogP contribution < -0.4 is 10.2 Å². The Hall–Kier alpha value is -1.28. The lowest BCUT2D eigenvalue weighted by Gasteiger charge is -2.29. The number of nitrogens with zero attached hydrogens (tertiary/aromatic N) is 1. The van der Waals surface area contributed by atoms with E-state index < -0.39 is 26.6 Å². The maximum Gasteiger partial charge on any atom is 0.268 e. The van der Waals surface area contributed by atoms with Crippen molar-refractivity contribution in [3.8, 4) is 0 Å². The molecule has 0 spiro atoms. The second-order valence-electron chi connectivity index (χ2n) is 17.8. The number of carbonyl (C=O) groups excluding carboxylic acids is 1. The van der Waals surface area contributed by atoms with Crippen LogP contribution >= 0.6 is 7.82 Å². The molecule has 0 saturated heterocycles. The fourth-order valence-electron chi connectivity index (χ4n) is 6.95. The Labute approximate surface area is 359 Å². The Bertz CT molecular complexity index is 1040. The Morgan fingerprint density at radius 1 is 0.586 bits per heavy atom. The monoisotopic (exact) mass is 839 g/mol. The van der Waals surface area contributed by atoms with Gasteiger partial charge in [0.1, 0.15) is 13.2 Å². The number of likely N-dealkylation sites (N-methyl/N-ethyl adjacent to an activating group) is 1. The minimum Gasteiger partial charge on any atom is -0.756 e. The van der Waals surface area contributed by atoms with Crippen LogP contribution in [-0.4, -0.2) is 68.5 Å². The van der Waals surface area contributed by atoms with Gasteiger partial charge in [-0.05, 0) is 44.9 Å². The van der Waals surface area contributed by atoms with Crippen molar-refractivity contribution in [3.63, 3.8) is 0 Å². The van der Waals surface area contributed by atoms with E-state index in [0.29, 0.717) is 17.4 Å². The molecule has 0 aliphatic carbocycles. The highest BCUT2D eigenvalue weighted by molar-refractivity contribution is 7.45. The molecule has 3 unspecified atom stereocenters. The Kier molecular flexibility index (Phi) is 40.2. The van der Waals surface area contributed by atoms with Crippen molar-refractivity contribution in [2.24, 2.45) is 0 Å². The second kappa shape index (κ2) is 41.1. The molecule has 0 rings (SSSR count). The van der Waals surface area contributed by atoms with Crippen LogP contribution in [0.5, 0.6) is 0 Å². The van der Waals surface area contributed by atoms with Crippen molar-refractivity contribution in [2.45, 2.75) is 231 Å². The highest BCUT2D eigenvalue weighted by atomic mass is 31.2. The maximum atomic E-state index is 12.9. The van der Waals surface area contributed by atoms with Gasteiger partial charge in [-0.3, -0.25) is 9.36 Å². The van der Waals surface area contributed by atoms with Gasteiger partial charge < -0.3 is 28.8 Å². The molecule has 8 nitrogen and oxygen atoms in total. The molecule has 1 amide bonds. The molecular formula is C49H95N2O6P. The summed E-state index contributed by atoms with van der Waals surface area (Å²) in [6.07, 6.45) is 50.5. The summed E-state index contributed by atoms with van der Waals surface area (Å²) in [6, 6.07) is -0.906. The van der Waals surface area contributed by atoms with Crippen molar-refractivity contribution in [1.82, 2.24) is 5.32 Å². The number of amides is 1. The van der Waals surface area contributed by atoms with Crippen molar-refractivity contribution in [3.05, 3.63) is 36.5 Å². The molecule has 58 heavy (non-hydrogen) atoms. The number of aliphatic hydroxyl groups excluding tert-OH is 1. The van der Waals surface area contributed by atoms with Crippen LogP contribution in [0.15, 0.2) is 36.5 Å². The smallest absolute Gasteiger partial charge is 0.268 e. The second-order valence-corrected chi connectivity index (χ2v) is 19.2. The summed E-state index contributed by atoms with van der Waals surface area (Å²) < 4.78 is 23.2. The molecule has 3 atom stereocenters. The number of nitrogens with one attached hydrogen (secondary N) is 1. The van der Waals surface area contributed by atoms with E-state index in [0.717, 1.165) is 44.9 Å². The lowest BCUT2D eigenvalue weighted by molar-refractivity contribution is -0.870. The topological polar surface area (TPSA) is 108 Å². The number of aliphatic hydroxyl groups is 1. The quantitative estimate of drug-likeness (QED) is 0.0274. The van der Waals surface area contributed by atoms with Crippen molar-refractivity contribution >= 4 is 13.7 Å². The summed E-state index contributed by atoms with van der Waals surface area (Å²) in [4.78, 5) is 25.4. The normalized spacial score (nSPS) is 14.5. The zero-order valence-corrected chi connectivity index (χ0v) is 39.6. The van der Waals surface area contributed by atoms with Crippen LogP contribution in [0.1, 0.15) is 219 Å². The van der Waals surface area contributed by atoms with E-state index in [1.54, 1.807) is 6.08 Å². The van der Waals surface area contributed by atoms with E-state index in [2.05, 4.69) is 43.5 Å². The van der Waals surface area contributed by atoms with E-state index in [9.17, 15) is 19.4 Å². The molecule has 0 heterocycles. The largest absolute Gasteiger partial charge is 0.756 e. The molecule has 9 heteroatoms. The third-order valence-electron chi connectivity index (χ3n) is 10.8. The maximum absolute atomic E-state index is 12.9. The molecule has 0 aliphatic heterocycles. The van der Waals surface area contributed by atoms with Gasteiger partial charge in [-0.1, -0.05) is 204 Å². The van der Waals surface area contributed by atoms with Gasteiger partial charge in [0, 0.05) is 6.42 Å². The fourth-order valence-corrected chi connectivity index (χ4v) is 7.67. The molecule has 0 bridgehead atoms. The van der Waals surface area contributed by atoms with Crippen molar-refractivity contribution in [2.75, 3.05) is 40.9 Å². The molecule has 0 aliphatic rings. The van der Waals surface area contributed by atoms with Gasteiger partial charge in [-0.25, -0.2) is 0 Å². The lowest BCUT2D eigenvalue weighted by atomic mass is 10.0. The first-order valence-corrected chi connectivity index (χ1v) is 25.8. The zero-order chi connectivity index (χ0) is 42.8. The van der Waals surface area contributed by atoms with Crippen LogP contribution in [0.3, 0.4) is 0 Å². The molecule has 2 N–H and O–H groups in total. The molecule has 0 fully saturated rings. The summed E-state index contributed by atoms with van der Waals surface area (Å²) in [7, 11) is 1.24.